The van der Waals surface area contributed by atoms with Crippen molar-refractivity contribution in [1.29, 1.82) is 0 Å². The van der Waals surface area contributed by atoms with Gasteiger partial charge in [0.05, 0.1) is 12.8 Å². The molecule has 4 amide bonds. The molecule has 0 atom stereocenters. The lowest BCUT2D eigenvalue weighted by Crippen LogP contribution is -2.53. The molecule has 0 radical (unpaired) electrons. The molecule has 1 N–H and O–H groups in total. The van der Waals surface area contributed by atoms with Crippen LogP contribution in [0.15, 0.2) is 34.5 Å². The average molecular weight is 369 g/mol. The third-order valence-corrected chi connectivity index (χ3v) is 4.52. The van der Waals surface area contributed by atoms with E-state index in [0.717, 1.165) is 21.9 Å². The van der Waals surface area contributed by atoms with E-state index >= 15 is 0 Å². The number of rotatable bonds is 3. The van der Waals surface area contributed by atoms with E-state index in [1.165, 1.54) is 6.26 Å². The summed E-state index contributed by atoms with van der Waals surface area (Å²) in [5, 5.41) is 2.22. The molecule has 1 saturated heterocycles. The molecule has 1 aliphatic rings. The second kappa shape index (κ2) is 6.57. The Balaban J connectivity index is 1.99. The maximum absolute atomic E-state index is 12.8. The van der Waals surface area contributed by atoms with Crippen LogP contribution < -0.4 is 5.32 Å². The summed E-state index contributed by atoms with van der Waals surface area (Å²) >= 11 is 0. The van der Waals surface area contributed by atoms with Crippen molar-refractivity contribution in [1.82, 2.24) is 14.8 Å². The standard InChI is InChI=1S/C20H23N3O4/c1-12-9-14(13(2)23(12)20(3,4)5)10-16-17(24)21-19(26)22(18(16)25)11-15-7-6-8-27-15/h6-10H,11H2,1-5H3,(H,21,24,26)/b16-10+. The van der Waals surface area contributed by atoms with E-state index in [1.54, 1.807) is 18.2 Å². The molecular formula is C20H23N3O4. The predicted octanol–water partition coefficient (Wildman–Crippen LogP) is 3.11. The first-order valence-electron chi connectivity index (χ1n) is 8.70. The van der Waals surface area contributed by atoms with Gasteiger partial charge in [0.25, 0.3) is 11.8 Å². The molecule has 0 spiro atoms. The number of barbiturate groups is 1. The summed E-state index contributed by atoms with van der Waals surface area (Å²) in [6.07, 6.45) is 3.01. The van der Waals surface area contributed by atoms with Crippen molar-refractivity contribution in [3.05, 3.63) is 52.7 Å². The normalized spacial score (nSPS) is 17.0. The smallest absolute Gasteiger partial charge is 0.331 e. The molecule has 1 aliphatic heterocycles. The Bertz CT molecular complexity index is 943. The van der Waals surface area contributed by atoms with Crippen LogP contribution in [0.1, 0.15) is 43.5 Å². The molecule has 7 nitrogen and oxygen atoms in total. The molecule has 0 saturated carbocycles. The molecular weight excluding hydrogens is 346 g/mol. The molecule has 2 aromatic heterocycles. The Kier molecular flexibility index (Phi) is 4.55. The fourth-order valence-corrected chi connectivity index (χ4v) is 3.52. The quantitative estimate of drug-likeness (QED) is 0.665. The van der Waals surface area contributed by atoms with Crippen molar-refractivity contribution < 1.29 is 18.8 Å². The predicted molar refractivity (Wildman–Crippen MR) is 99.7 cm³/mol. The van der Waals surface area contributed by atoms with E-state index in [2.05, 4.69) is 30.7 Å². The van der Waals surface area contributed by atoms with Gasteiger partial charge in [0, 0.05) is 16.9 Å². The van der Waals surface area contributed by atoms with Gasteiger partial charge in [-0.05, 0) is 64.5 Å². The third-order valence-electron chi connectivity index (χ3n) is 4.52. The first kappa shape index (κ1) is 18.7. The van der Waals surface area contributed by atoms with Gasteiger partial charge in [-0.1, -0.05) is 0 Å². The second-order valence-corrected chi connectivity index (χ2v) is 7.62. The Hall–Kier alpha value is -3.09. The molecule has 7 heteroatoms. The minimum absolute atomic E-state index is 0.0384. The molecule has 3 heterocycles. The van der Waals surface area contributed by atoms with Gasteiger partial charge in [-0.15, -0.1) is 0 Å². The van der Waals surface area contributed by atoms with Crippen LogP contribution in [0.3, 0.4) is 0 Å². The SMILES string of the molecule is Cc1cc(/C=C2\C(=O)NC(=O)N(Cc3ccco3)C2=O)c(C)n1C(C)(C)C. The van der Waals surface area contributed by atoms with E-state index in [9.17, 15) is 14.4 Å². The highest BCUT2D eigenvalue weighted by atomic mass is 16.3. The lowest BCUT2D eigenvalue weighted by Gasteiger charge is -2.26. The number of aryl methyl sites for hydroxylation is 1. The number of imide groups is 2. The topological polar surface area (TPSA) is 84.6 Å². The largest absolute Gasteiger partial charge is 0.467 e. The van der Waals surface area contributed by atoms with E-state index in [0.29, 0.717) is 5.76 Å². The highest BCUT2D eigenvalue weighted by Gasteiger charge is 2.36. The Labute approximate surface area is 157 Å². The highest BCUT2D eigenvalue weighted by Crippen LogP contribution is 2.27. The summed E-state index contributed by atoms with van der Waals surface area (Å²) in [4.78, 5) is 38.2. The Morgan fingerprint density at radius 2 is 1.89 bits per heavy atom. The van der Waals surface area contributed by atoms with Crippen molar-refractivity contribution in [3.63, 3.8) is 0 Å². The number of aromatic nitrogens is 1. The number of furan rings is 1. The molecule has 1 fully saturated rings. The number of hydrogen-bond donors (Lipinski definition) is 1. The van der Waals surface area contributed by atoms with Crippen LogP contribution in [-0.4, -0.2) is 27.3 Å². The van der Waals surface area contributed by atoms with Gasteiger partial charge in [0.15, 0.2) is 0 Å². The Morgan fingerprint density at radius 1 is 1.19 bits per heavy atom. The van der Waals surface area contributed by atoms with Gasteiger partial charge in [0.1, 0.15) is 11.3 Å². The van der Waals surface area contributed by atoms with Crippen molar-refractivity contribution in [3.8, 4) is 0 Å². The van der Waals surface area contributed by atoms with Crippen molar-refractivity contribution in [2.75, 3.05) is 0 Å². The number of amides is 4. The molecule has 0 aromatic carbocycles. The number of carbonyl (C=O) groups excluding carboxylic acids is 3. The fourth-order valence-electron chi connectivity index (χ4n) is 3.52. The van der Waals surface area contributed by atoms with E-state index in [4.69, 9.17) is 4.42 Å². The molecule has 0 bridgehead atoms. The maximum Gasteiger partial charge on any atom is 0.331 e. The molecule has 142 valence electrons. The highest BCUT2D eigenvalue weighted by molar-refractivity contribution is 6.31. The summed E-state index contributed by atoms with van der Waals surface area (Å²) in [7, 11) is 0. The minimum Gasteiger partial charge on any atom is -0.467 e. The van der Waals surface area contributed by atoms with Gasteiger partial charge in [-0.3, -0.25) is 19.8 Å². The zero-order valence-electron chi connectivity index (χ0n) is 16.1. The molecule has 2 aromatic rings. The van der Waals surface area contributed by atoms with Crippen LogP contribution in [0, 0.1) is 13.8 Å². The minimum atomic E-state index is -0.751. The van der Waals surface area contributed by atoms with Crippen LogP contribution in [0.5, 0.6) is 0 Å². The number of urea groups is 1. The van der Waals surface area contributed by atoms with Gasteiger partial charge in [-0.25, -0.2) is 4.79 Å². The second-order valence-electron chi connectivity index (χ2n) is 7.62. The number of nitrogens with zero attached hydrogens (tertiary/aromatic N) is 2. The van der Waals surface area contributed by atoms with Crippen molar-refractivity contribution >= 4 is 23.9 Å². The average Bonchev–Trinajstić information content (AvgIpc) is 3.15. The fraction of sp³-hybridized carbons (Fsp3) is 0.350. The Morgan fingerprint density at radius 3 is 2.44 bits per heavy atom. The van der Waals surface area contributed by atoms with Crippen LogP contribution in [0.4, 0.5) is 4.79 Å². The number of hydrogen-bond acceptors (Lipinski definition) is 4. The van der Waals surface area contributed by atoms with Crippen LogP contribution in [0.25, 0.3) is 6.08 Å². The van der Waals surface area contributed by atoms with E-state index in [1.807, 2.05) is 19.9 Å². The van der Waals surface area contributed by atoms with Gasteiger partial charge in [0.2, 0.25) is 0 Å². The maximum atomic E-state index is 12.8. The lowest BCUT2D eigenvalue weighted by atomic mass is 10.1. The number of nitrogens with one attached hydrogen (secondary N) is 1. The van der Waals surface area contributed by atoms with Crippen LogP contribution in [-0.2, 0) is 21.7 Å². The first-order chi connectivity index (χ1) is 12.6. The van der Waals surface area contributed by atoms with Gasteiger partial charge < -0.3 is 8.98 Å². The first-order valence-corrected chi connectivity index (χ1v) is 8.70. The van der Waals surface area contributed by atoms with Crippen LogP contribution in [0.2, 0.25) is 0 Å². The number of carbonyl (C=O) groups is 3. The molecule has 0 unspecified atom stereocenters. The monoisotopic (exact) mass is 369 g/mol. The van der Waals surface area contributed by atoms with Crippen molar-refractivity contribution in [2.45, 2.75) is 46.7 Å². The third kappa shape index (κ3) is 3.45. The summed E-state index contributed by atoms with van der Waals surface area (Å²) in [5.74, 6) is -0.875. The van der Waals surface area contributed by atoms with E-state index in [-0.39, 0.29) is 17.7 Å². The van der Waals surface area contributed by atoms with Gasteiger partial charge >= 0.3 is 6.03 Å². The summed E-state index contributed by atoms with van der Waals surface area (Å²) < 4.78 is 7.36. The zero-order chi connectivity index (χ0) is 19.9. The molecule has 27 heavy (non-hydrogen) atoms. The summed E-state index contributed by atoms with van der Waals surface area (Å²) in [6.45, 7) is 10.2. The molecule has 3 rings (SSSR count). The zero-order valence-corrected chi connectivity index (χ0v) is 16.1. The van der Waals surface area contributed by atoms with Gasteiger partial charge in [-0.2, -0.15) is 0 Å². The van der Waals surface area contributed by atoms with Crippen molar-refractivity contribution in [2.24, 2.45) is 0 Å². The lowest BCUT2D eigenvalue weighted by molar-refractivity contribution is -0.130. The molecule has 0 aliphatic carbocycles. The summed E-state index contributed by atoms with van der Waals surface area (Å²) in [6, 6.07) is 4.52. The van der Waals surface area contributed by atoms with Crippen LogP contribution >= 0.6 is 0 Å². The summed E-state index contributed by atoms with van der Waals surface area (Å²) in [5.41, 5.74) is 2.54. The van der Waals surface area contributed by atoms with E-state index < -0.39 is 17.8 Å².